The van der Waals surface area contributed by atoms with Gasteiger partial charge in [-0.1, -0.05) is 12.1 Å². The van der Waals surface area contributed by atoms with Crippen LogP contribution in [0.4, 0.5) is 23.2 Å². The van der Waals surface area contributed by atoms with Crippen LogP contribution in [0, 0.1) is 5.82 Å². The fourth-order valence-corrected chi connectivity index (χ4v) is 2.15. The standard InChI is InChI=1S/C16H13F4NO3/c17-14-9(2-1-3-12(14)16(18,19)20)6-7-21-10-4-5-13(22)11(8-10)15(23)24/h1-5,8,21-22H,6-7H2,(H,23,24). The Morgan fingerprint density at radius 2 is 1.88 bits per heavy atom. The van der Waals surface area contributed by atoms with Crippen LogP contribution in [-0.2, 0) is 12.6 Å². The van der Waals surface area contributed by atoms with Crippen molar-refractivity contribution in [3.05, 3.63) is 58.9 Å². The van der Waals surface area contributed by atoms with Crippen molar-refractivity contribution in [2.24, 2.45) is 0 Å². The third-order valence-corrected chi connectivity index (χ3v) is 3.33. The molecular formula is C16H13F4NO3. The zero-order valence-electron chi connectivity index (χ0n) is 12.2. The predicted octanol–water partition coefficient (Wildman–Crippen LogP) is 3.90. The van der Waals surface area contributed by atoms with Gasteiger partial charge in [-0.05, 0) is 36.2 Å². The number of hydrogen-bond acceptors (Lipinski definition) is 3. The number of alkyl halides is 3. The number of carbonyl (C=O) groups is 1. The normalized spacial score (nSPS) is 11.3. The highest BCUT2D eigenvalue weighted by Gasteiger charge is 2.34. The SMILES string of the molecule is O=C(O)c1cc(NCCc2cccc(C(F)(F)F)c2F)ccc1O. The molecule has 4 nitrogen and oxygen atoms in total. The summed E-state index contributed by atoms with van der Waals surface area (Å²) < 4.78 is 51.8. The molecule has 0 aliphatic carbocycles. The van der Waals surface area contributed by atoms with Gasteiger partial charge in [0, 0.05) is 12.2 Å². The first-order valence-corrected chi connectivity index (χ1v) is 6.85. The lowest BCUT2D eigenvalue weighted by Crippen LogP contribution is -2.12. The van der Waals surface area contributed by atoms with Crippen molar-refractivity contribution < 1.29 is 32.6 Å². The van der Waals surface area contributed by atoms with E-state index in [0.717, 1.165) is 6.07 Å². The van der Waals surface area contributed by atoms with Gasteiger partial charge in [0.15, 0.2) is 0 Å². The number of hydrogen-bond donors (Lipinski definition) is 3. The zero-order chi connectivity index (χ0) is 17.9. The number of anilines is 1. The van der Waals surface area contributed by atoms with E-state index in [0.29, 0.717) is 11.8 Å². The molecule has 2 aromatic rings. The van der Waals surface area contributed by atoms with E-state index in [1.807, 2.05) is 0 Å². The molecule has 0 aliphatic rings. The molecule has 0 aromatic heterocycles. The number of carboxylic acid groups (broad SMARTS) is 1. The highest BCUT2D eigenvalue weighted by atomic mass is 19.4. The van der Waals surface area contributed by atoms with Gasteiger partial charge in [-0.25, -0.2) is 9.18 Å². The number of nitrogens with one attached hydrogen (secondary N) is 1. The van der Waals surface area contributed by atoms with Crippen molar-refractivity contribution in [2.45, 2.75) is 12.6 Å². The van der Waals surface area contributed by atoms with Gasteiger partial charge < -0.3 is 15.5 Å². The minimum Gasteiger partial charge on any atom is -0.507 e. The lowest BCUT2D eigenvalue weighted by Gasteiger charge is -2.12. The van der Waals surface area contributed by atoms with Gasteiger partial charge in [-0.3, -0.25) is 0 Å². The summed E-state index contributed by atoms with van der Waals surface area (Å²) in [5.74, 6) is -3.04. The molecule has 24 heavy (non-hydrogen) atoms. The lowest BCUT2D eigenvalue weighted by molar-refractivity contribution is -0.140. The number of aromatic carboxylic acids is 1. The van der Waals surface area contributed by atoms with Crippen molar-refractivity contribution >= 4 is 11.7 Å². The summed E-state index contributed by atoms with van der Waals surface area (Å²) in [6.07, 6.45) is -4.79. The molecule has 3 N–H and O–H groups in total. The molecule has 0 saturated heterocycles. The van der Waals surface area contributed by atoms with E-state index in [2.05, 4.69) is 5.32 Å². The molecule has 0 radical (unpaired) electrons. The third kappa shape index (κ3) is 3.95. The summed E-state index contributed by atoms with van der Waals surface area (Å²) in [4.78, 5) is 10.9. The van der Waals surface area contributed by atoms with E-state index in [-0.39, 0.29) is 24.1 Å². The Hall–Kier alpha value is -2.77. The fourth-order valence-electron chi connectivity index (χ4n) is 2.15. The quantitative estimate of drug-likeness (QED) is 0.569. The van der Waals surface area contributed by atoms with Crippen LogP contribution >= 0.6 is 0 Å². The molecule has 2 aromatic carbocycles. The van der Waals surface area contributed by atoms with Crippen LogP contribution in [0.2, 0.25) is 0 Å². The number of halogens is 4. The van der Waals surface area contributed by atoms with Crippen molar-refractivity contribution in [1.29, 1.82) is 0 Å². The van der Waals surface area contributed by atoms with E-state index < -0.39 is 29.3 Å². The Kier molecular flexibility index (Phi) is 4.96. The summed E-state index contributed by atoms with van der Waals surface area (Å²) in [6, 6.07) is 6.82. The Morgan fingerprint density at radius 1 is 1.17 bits per heavy atom. The summed E-state index contributed by atoms with van der Waals surface area (Å²) >= 11 is 0. The second kappa shape index (κ2) is 6.77. The second-order valence-electron chi connectivity index (χ2n) is 4.99. The highest BCUT2D eigenvalue weighted by Crippen LogP contribution is 2.32. The molecular weight excluding hydrogens is 330 g/mol. The molecule has 0 bridgehead atoms. The molecule has 2 rings (SSSR count). The van der Waals surface area contributed by atoms with Crippen LogP contribution in [0.15, 0.2) is 36.4 Å². The smallest absolute Gasteiger partial charge is 0.419 e. The van der Waals surface area contributed by atoms with Gasteiger partial charge in [0.25, 0.3) is 0 Å². The van der Waals surface area contributed by atoms with Gasteiger partial charge in [0.05, 0.1) is 5.56 Å². The molecule has 0 amide bonds. The predicted molar refractivity (Wildman–Crippen MR) is 78.7 cm³/mol. The van der Waals surface area contributed by atoms with Crippen molar-refractivity contribution in [3.8, 4) is 5.75 Å². The monoisotopic (exact) mass is 343 g/mol. The number of phenols is 1. The first-order valence-electron chi connectivity index (χ1n) is 6.85. The maximum Gasteiger partial charge on any atom is 0.419 e. The fraction of sp³-hybridized carbons (Fsp3) is 0.188. The Morgan fingerprint density at radius 3 is 2.50 bits per heavy atom. The maximum atomic E-state index is 13.9. The highest BCUT2D eigenvalue weighted by molar-refractivity contribution is 5.91. The van der Waals surface area contributed by atoms with Crippen molar-refractivity contribution in [3.63, 3.8) is 0 Å². The Bertz CT molecular complexity index is 759. The van der Waals surface area contributed by atoms with Crippen LogP contribution in [0.25, 0.3) is 0 Å². The van der Waals surface area contributed by atoms with Gasteiger partial charge in [0.2, 0.25) is 0 Å². The van der Waals surface area contributed by atoms with Crippen molar-refractivity contribution in [2.75, 3.05) is 11.9 Å². The molecule has 0 spiro atoms. The van der Waals surface area contributed by atoms with E-state index in [9.17, 15) is 27.5 Å². The average Bonchev–Trinajstić information content (AvgIpc) is 2.49. The minimum absolute atomic E-state index is 0.0287. The van der Waals surface area contributed by atoms with Crippen LogP contribution in [-0.4, -0.2) is 22.7 Å². The Balaban J connectivity index is 2.08. The van der Waals surface area contributed by atoms with Gasteiger partial charge in [-0.2, -0.15) is 13.2 Å². The van der Waals surface area contributed by atoms with E-state index in [1.165, 1.54) is 24.3 Å². The molecule has 0 heterocycles. The largest absolute Gasteiger partial charge is 0.507 e. The van der Waals surface area contributed by atoms with Crippen LogP contribution in [0.1, 0.15) is 21.5 Å². The molecule has 0 saturated carbocycles. The summed E-state index contributed by atoms with van der Waals surface area (Å²) in [5, 5.41) is 21.1. The summed E-state index contributed by atoms with van der Waals surface area (Å²) in [6.45, 7) is 0.0854. The van der Waals surface area contributed by atoms with E-state index in [4.69, 9.17) is 5.11 Å². The lowest BCUT2D eigenvalue weighted by atomic mass is 10.1. The van der Waals surface area contributed by atoms with Gasteiger partial charge in [-0.15, -0.1) is 0 Å². The third-order valence-electron chi connectivity index (χ3n) is 3.33. The molecule has 0 fully saturated rings. The number of benzene rings is 2. The molecule has 8 heteroatoms. The van der Waals surface area contributed by atoms with Crippen LogP contribution in [0.5, 0.6) is 5.75 Å². The maximum absolute atomic E-state index is 13.9. The zero-order valence-corrected chi connectivity index (χ0v) is 12.2. The van der Waals surface area contributed by atoms with Gasteiger partial charge in [0.1, 0.15) is 17.1 Å². The van der Waals surface area contributed by atoms with Crippen molar-refractivity contribution in [1.82, 2.24) is 0 Å². The average molecular weight is 343 g/mol. The van der Waals surface area contributed by atoms with Crippen LogP contribution in [0.3, 0.4) is 0 Å². The molecule has 128 valence electrons. The summed E-state index contributed by atoms with van der Waals surface area (Å²) in [5.41, 5.74) is -1.39. The molecule has 0 atom stereocenters. The number of aromatic hydroxyl groups is 1. The van der Waals surface area contributed by atoms with E-state index >= 15 is 0 Å². The summed E-state index contributed by atoms with van der Waals surface area (Å²) in [7, 11) is 0. The number of rotatable bonds is 5. The van der Waals surface area contributed by atoms with Gasteiger partial charge >= 0.3 is 12.1 Å². The first kappa shape index (κ1) is 17.6. The van der Waals surface area contributed by atoms with E-state index in [1.54, 1.807) is 0 Å². The van der Waals surface area contributed by atoms with Crippen LogP contribution < -0.4 is 5.32 Å². The minimum atomic E-state index is -4.76. The Labute approximate surface area is 134 Å². The second-order valence-corrected chi connectivity index (χ2v) is 4.99. The number of carboxylic acids is 1. The molecule has 0 aliphatic heterocycles. The molecule has 0 unspecified atom stereocenters. The topological polar surface area (TPSA) is 69.6 Å². The first-order chi connectivity index (χ1) is 11.2.